The highest BCUT2D eigenvalue weighted by Crippen LogP contribution is 2.20. The number of nitrogens with one attached hydrogen (secondary N) is 1. The topological polar surface area (TPSA) is 33.1 Å². The average Bonchev–Trinajstić information content (AvgIpc) is 3.02. The molecule has 5 heteroatoms. The van der Waals surface area contributed by atoms with E-state index in [1.165, 1.54) is 12.1 Å². The molecule has 0 aliphatic carbocycles. The number of anilines is 1. The number of imidazole rings is 1. The van der Waals surface area contributed by atoms with Gasteiger partial charge in [-0.25, -0.2) is 9.37 Å². The Balaban J connectivity index is 1.47. The number of nitrogens with zero attached hydrogens (tertiary/aromatic N) is 3. The van der Waals surface area contributed by atoms with Gasteiger partial charge in [0.25, 0.3) is 0 Å². The Hall–Kier alpha value is -1.88. The van der Waals surface area contributed by atoms with Crippen LogP contribution in [0.1, 0.15) is 32.0 Å². The molecular formula is C18H25FN4. The van der Waals surface area contributed by atoms with Gasteiger partial charge in [-0.3, -0.25) is 0 Å². The second-order valence-corrected chi connectivity index (χ2v) is 6.16. The van der Waals surface area contributed by atoms with Gasteiger partial charge in [-0.2, -0.15) is 0 Å². The fourth-order valence-electron chi connectivity index (χ4n) is 3.18. The van der Waals surface area contributed by atoms with E-state index in [0.29, 0.717) is 6.04 Å². The van der Waals surface area contributed by atoms with Crippen LogP contribution >= 0.6 is 0 Å². The van der Waals surface area contributed by atoms with Crippen LogP contribution in [-0.4, -0.2) is 28.7 Å². The molecule has 23 heavy (non-hydrogen) atoms. The molecule has 1 aliphatic heterocycles. The van der Waals surface area contributed by atoms with Crippen LogP contribution in [0, 0.1) is 5.82 Å². The Morgan fingerprint density at radius 3 is 2.65 bits per heavy atom. The average molecular weight is 316 g/mol. The summed E-state index contributed by atoms with van der Waals surface area (Å²) >= 11 is 0. The van der Waals surface area contributed by atoms with Crippen LogP contribution < -0.4 is 10.2 Å². The SMILES string of the molecule is CCCn1ccnc1CNC1CCN(c2ccc(F)cc2)CC1. The van der Waals surface area contributed by atoms with Crippen LogP contribution in [-0.2, 0) is 13.1 Å². The van der Waals surface area contributed by atoms with Crippen molar-refractivity contribution in [3.05, 3.63) is 48.3 Å². The summed E-state index contributed by atoms with van der Waals surface area (Å²) in [5.74, 6) is 0.945. The number of rotatable bonds is 6. The van der Waals surface area contributed by atoms with Gasteiger partial charge in [0.15, 0.2) is 0 Å². The van der Waals surface area contributed by atoms with Gasteiger partial charge < -0.3 is 14.8 Å². The molecule has 2 heterocycles. The van der Waals surface area contributed by atoms with E-state index in [1.54, 1.807) is 0 Å². The Morgan fingerprint density at radius 2 is 1.96 bits per heavy atom. The monoisotopic (exact) mass is 316 g/mol. The fraction of sp³-hybridized carbons (Fsp3) is 0.500. The number of hydrogen-bond acceptors (Lipinski definition) is 3. The van der Waals surface area contributed by atoms with Crippen molar-refractivity contribution >= 4 is 5.69 Å². The van der Waals surface area contributed by atoms with E-state index >= 15 is 0 Å². The zero-order valence-corrected chi connectivity index (χ0v) is 13.7. The highest BCUT2D eigenvalue weighted by Gasteiger charge is 2.19. The summed E-state index contributed by atoms with van der Waals surface area (Å²) in [6.45, 7) is 6.05. The first-order chi connectivity index (χ1) is 11.3. The minimum Gasteiger partial charge on any atom is -0.371 e. The first-order valence-electron chi connectivity index (χ1n) is 8.50. The summed E-state index contributed by atoms with van der Waals surface area (Å²) in [5.41, 5.74) is 1.11. The maximum atomic E-state index is 13.0. The van der Waals surface area contributed by atoms with Gasteiger partial charge in [0, 0.05) is 43.8 Å². The third-order valence-electron chi connectivity index (χ3n) is 4.50. The molecule has 3 rings (SSSR count). The van der Waals surface area contributed by atoms with Gasteiger partial charge >= 0.3 is 0 Å². The van der Waals surface area contributed by atoms with Crippen molar-refractivity contribution in [1.29, 1.82) is 0 Å². The van der Waals surface area contributed by atoms with E-state index < -0.39 is 0 Å². The molecule has 0 atom stereocenters. The van der Waals surface area contributed by atoms with Crippen LogP contribution in [0.5, 0.6) is 0 Å². The van der Waals surface area contributed by atoms with Crippen molar-refractivity contribution in [1.82, 2.24) is 14.9 Å². The van der Waals surface area contributed by atoms with E-state index in [0.717, 1.165) is 57.0 Å². The highest BCUT2D eigenvalue weighted by molar-refractivity contribution is 5.46. The number of benzene rings is 1. The van der Waals surface area contributed by atoms with Crippen molar-refractivity contribution in [2.24, 2.45) is 0 Å². The molecule has 1 aromatic carbocycles. The molecule has 0 unspecified atom stereocenters. The molecule has 0 saturated carbocycles. The predicted octanol–water partition coefficient (Wildman–Crippen LogP) is 3.19. The third-order valence-corrected chi connectivity index (χ3v) is 4.50. The number of aromatic nitrogens is 2. The molecule has 0 bridgehead atoms. The Labute approximate surface area is 137 Å². The molecule has 1 saturated heterocycles. The summed E-state index contributed by atoms with van der Waals surface area (Å²) in [6, 6.07) is 7.33. The van der Waals surface area contributed by atoms with E-state index in [9.17, 15) is 4.39 Å². The lowest BCUT2D eigenvalue weighted by Crippen LogP contribution is -2.42. The van der Waals surface area contributed by atoms with Crippen LogP contribution in [0.15, 0.2) is 36.7 Å². The zero-order chi connectivity index (χ0) is 16.1. The third kappa shape index (κ3) is 4.10. The zero-order valence-electron chi connectivity index (χ0n) is 13.7. The minimum atomic E-state index is -0.173. The highest BCUT2D eigenvalue weighted by atomic mass is 19.1. The molecule has 1 fully saturated rings. The predicted molar refractivity (Wildman–Crippen MR) is 91.0 cm³/mol. The standard InChI is InChI=1S/C18H25FN4/c1-2-10-23-13-9-20-18(23)14-21-16-7-11-22(12-8-16)17-5-3-15(19)4-6-17/h3-6,9,13,16,21H,2,7-8,10-12,14H2,1H3. The Kier molecular flexibility index (Phi) is 5.28. The first kappa shape index (κ1) is 16.0. The van der Waals surface area contributed by atoms with E-state index in [4.69, 9.17) is 0 Å². The minimum absolute atomic E-state index is 0.173. The number of halogens is 1. The quantitative estimate of drug-likeness (QED) is 0.888. The largest absolute Gasteiger partial charge is 0.371 e. The van der Waals surface area contributed by atoms with E-state index in [-0.39, 0.29) is 5.82 Å². The number of piperidine rings is 1. The lowest BCUT2D eigenvalue weighted by Gasteiger charge is -2.34. The second-order valence-electron chi connectivity index (χ2n) is 6.16. The molecule has 0 spiro atoms. The van der Waals surface area contributed by atoms with E-state index in [1.807, 2.05) is 18.3 Å². The summed E-state index contributed by atoms with van der Waals surface area (Å²) in [4.78, 5) is 6.77. The maximum absolute atomic E-state index is 13.0. The van der Waals surface area contributed by atoms with Gasteiger partial charge in [-0.05, 0) is 43.5 Å². The van der Waals surface area contributed by atoms with Gasteiger partial charge in [0.1, 0.15) is 11.6 Å². The van der Waals surface area contributed by atoms with Crippen LogP contribution in [0.3, 0.4) is 0 Å². The molecule has 2 aromatic rings. The van der Waals surface area contributed by atoms with Crippen molar-refractivity contribution in [3.8, 4) is 0 Å². The fourth-order valence-corrected chi connectivity index (χ4v) is 3.18. The van der Waals surface area contributed by atoms with Crippen molar-refractivity contribution < 1.29 is 4.39 Å². The van der Waals surface area contributed by atoms with Gasteiger partial charge in [0.05, 0.1) is 6.54 Å². The molecule has 1 aromatic heterocycles. The van der Waals surface area contributed by atoms with Crippen molar-refractivity contribution in [3.63, 3.8) is 0 Å². The molecule has 4 nitrogen and oxygen atoms in total. The normalized spacial score (nSPS) is 16.0. The van der Waals surface area contributed by atoms with Crippen LogP contribution in [0.4, 0.5) is 10.1 Å². The maximum Gasteiger partial charge on any atom is 0.123 e. The smallest absolute Gasteiger partial charge is 0.123 e. The van der Waals surface area contributed by atoms with Crippen molar-refractivity contribution in [2.45, 2.75) is 45.3 Å². The lowest BCUT2D eigenvalue weighted by molar-refractivity contribution is 0.405. The first-order valence-corrected chi connectivity index (χ1v) is 8.50. The Morgan fingerprint density at radius 1 is 1.22 bits per heavy atom. The van der Waals surface area contributed by atoms with E-state index in [2.05, 4.69) is 32.9 Å². The van der Waals surface area contributed by atoms with Gasteiger partial charge in [-0.1, -0.05) is 6.92 Å². The molecule has 0 amide bonds. The van der Waals surface area contributed by atoms with Crippen LogP contribution in [0.2, 0.25) is 0 Å². The summed E-state index contributed by atoms with van der Waals surface area (Å²) in [7, 11) is 0. The second kappa shape index (κ2) is 7.59. The molecular weight excluding hydrogens is 291 g/mol. The summed E-state index contributed by atoms with van der Waals surface area (Å²) in [6.07, 6.45) is 7.26. The lowest BCUT2D eigenvalue weighted by atomic mass is 10.0. The summed E-state index contributed by atoms with van der Waals surface area (Å²) in [5, 5.41) is 3.63. The Bertz CT molecular complexity index is 600. The van der Waals surface area contributed by atoms with Crippen molar-refractivity contribution in [2.75, 3.05) is 18.0 Å². The molecule has 1 aliphatic rings. The molecule has 0 radical (unpaired) electrons. The molecule has 124 valence electrons. The van der Waals surface area contributed by atoms with Gasteiger partial charge in [-0.15, -0.1) is 0 Å². The summed E-state index contributed by atoms with van der Waals surface area (Å²) < 4.78 is 15.2. The van der Waals surface area contributed by atoms with Gasteiger partial charge in [0.2, 0.25) is 0 Å². The van der Waals surface area contributed by atoms with Crippen LogP contribution in [0.25, 0.3) is 0 Å². The molecule has 1 N–H and O–H groups in total. The number of hydrogen-bond donors (Lipinski definition) is 1. The number of aryl methyl sites for hydroxylation is 1.